The van der Waals surface area contributed by atoms with E-state index in [0.717, 1.165) is 19.5 Å². The highest BCUT2D eigenvalue weighted by atomic mass is 32.1. The Labute approximate surface area is 100 Å². The fourth-order valence-corrected chi connectivity index (χ4v) is 2.11. The summed E-state index contributed by atoms with van der Waals surface area (Å²) in [5.41, 5.74) is 5.71. The number of nitrogens with zero attached hydrogens (tertiary/aromatic N) is 1. The van der Waals surface area contributed by atoms with Crippen molar-refractivity contribution in [2.24, 2.45) is 0 Å². The van der Waals surface area contributed by atoms with Gasteiger partial charge in [0.05, 0.1) is 11.2 Å². The van der Waals surface area contributed by atoms with Crippen LogP contribution in [-0.2, 0) is 13.0 Å². The van der Waals surface area contributed by atoms with Gasteiger partial charge in [0.25, 0.3) is 0 Å². The van der Waals surface area contributed by atoms with Crippen LogP contribution < -0.4 is 5.32 Å². The summed E-state index contributed by atoms with van der Waals surface area (Å²) in [6.45, 7) is 4.03. The first-order valence-electron chi connectivity index (χ1n) is 5.48. The van der Waals surface area contributed by atoms with Crippen LogP contribution in [0.4, 0.5) is 0 Å². The quantitative estimate of drug-likeness (QED) is 0.802. The van der Waals surface area contributed by atoms with Gasteiger partial charge >= 0.3 is 0 Å². The maximum absolute atomic E-state index is 4.25. The van der Waals surface area contributed by atoms with Crippen LogP contribution in [0.1, 0.15) is 16.8 Å². The molecule has 1 N–H and O–H groups in total. The molecule has 0 spiro atoms. The summed E-state index contributed by atoms with van der Waals surface area (Å²) in [5, 5.41) is 5.53. The largest absolute Gasteiger partial charge is 0.312 e. The summed E-state index contributed by atoms with van der Waals surface area (Å²) in [6, 6.07) is 8.64. The molecule has 2 nitrogen and oxygen atoms in total. The van der Waals surface area contributed by atoms with Crippen LogP contribution in [0.5, 0.6) is 0 Å². The number of nitrogens with one attached hydrogen (secondary N) is 1. The summed E-state index contributed by atoms with van der Waals surface area (Å²) in [7, 11) is 0. The molecule has 2 rings (SSSR count). The Balaban J connectivity index is 1.70. The Kier molecular flexibility index (Phi) is 4.08. The second-order valence-corrected chi connectivity index (χ2v) is 4.61. The number of hydrogen-bond acceptors (Lipinski definition) is 3. The maximum atomic E-state index is 4.25. The lowest BCUT2D eigenvalue weighted by Crippen LogP contribution is -2.16. The zero-order valence-corrected chi connectivity index (χ0v) is 10.3. The van der Waals surface area contributed by atoms with E-state index in [2.05, 4.69) is 46.9 Å². The van der Waals surface area contributed by atoms with Crippen molar-refractivity contribution in [2.45, 2.75) is 19.9 Å². The lowest BCUT2D eigenvalue weighted by Gasteiger charge is -2.04. The van der Waals surface area contributed by atoms with Crippen molar-refractivity contribution in [3.63, 3.8) is 0 Å². The molecule has 0 aliphatic carbocycles. The van der Waals surface area contributed by atoms with E-state index in [1.54, 1.807) is 11.3 Å². The molecule has 0 saturated heterocycles. The summed E-state index contributed by atoms with van der Waals surface area (Å²) in [5.74, 6) is 0. The molecular weight excluding hydrogens is 216 g/mol. The standard InChI is InChI=1S/C13H16N2S/c1-11-2-4-12(5-3-11)8-14-7-6-13-9-16-10-15-13/h2-5,9-10,14H,6-8H2,1H3. The summed E-state index contributed by atoms with van der Waals surface area (Å²) in [6.07, 6.45) is 1.01. The van der Waals surface area contributed by atoms with Crippen LogP contribution in [0.15, 0.2) is 35.2 Å². The van der Waals surface area contributed by atoms with Gasteiger partial charge in [0, 0.05) is 24.9 Å². The van der Waals surface area contributed by atoms with Crippen LogP contribution in [0.2, 0.25) is 0 Å². The SMILES string of the molecule is Cc1ccc(CNCCc2cscn2)cc1. The van der Waals surface area contributed by atoms with Gasteiger partial charge in [0.15, 0.2) is 0 Å². The molecule has 2 aromatic rings. The highest BCUT2D eigenvalue weighted by molar-refractivity contribution is 7.07. The Hall–Kier alpha value is -1.19. The molecule has 1 aromatic heterocycles. The molecule has 0 amide bonds. The predicted molar refractivity (Wildman–Crippen MR) is 68.7 cm³/mol. The number of aromatic nitrogens is 1. The van der Waals surface area contributed by atoms with E-state index in [-0.39, 0.29) is 0 Å². The number of thiazole rings is 1. The van der Waals surface area contributed by atoms with Crippen LogP contribution in [-0.4, -0.2) is 11.5 Å². The van der Waals surface area contributed by atoms with Gasteiger partial charge in [-0.3, -0.25) is 0 Å². The van der Waals surface area contributed by atoms with Crippen LogP contribution in [0, 0.1) is 6.92 Å². The molecule has 0 fully saturated rings. The van der Waals surface area contributed by atoms with Crippen molar-refractivity contribution in [1.82, 2.24) is 10.3 Å². The van der Waals surface area contributed by atoms with Gasteiger partial charge in [-0.15, -0.1) is 11.3 Å². The van der Waals surface area contributed by atoms with E-state index in [0.29, 0.717) is 0 Å². The summed E-state index contributed by atoms with van der Waals surface area (Å²) >= 11 is 1.66. The number of hydrogen-bond donors (Lipinski definition) is 1. The smallest absolute Gasteiger partial charge is 0.0794 e. The predicted octanol–water partition coefficient (Wildman–Crippen LogP) is 2.78. The lowest BCUT2D eigenvalue weighted by molar-refractivity contribution is 0.681. The number of rotatable bonds is 5. The zero-order chi connectivity index (χ0) is 11.2. The van der Waals surface area contributed by atoms with E-state index in [9.17, 15) is 0 Å². The second kappa shape index (κ2) is 5.77. The fraction of sp³-hybridized carbons (Fsp3) is 0.308. The second-order valence-electron chi connectivity index (χ2n) is 3.89. The van der Waals surface area contributed by atoms with Crippen molar-refractivity contribution in [1.29, 1.82) is 0 Å². The zero-order valence-electron chi connectivity index (χ0n) is 9.44. The first-order chi connectivity index (χ1) is 7.84. The van der Waals surface area contributed by atoms with Crippen molar-refractivity contribution in [2.75, 3.05) is 6.54 Å². The van der Waals surface area contributed by atoms with Crippen LogP contribution in [0.25, 0.3) is 0 Å². The molecule has 0 saturated carbocycles. The monoisotopic (exact) mass is 232 g/mol. The topological polar surface area (TPSA) is 24.9 Å². The molecule has 0 unspecified atom stereocenters. The van der Waals surface area contributed by atoms with Crippen molar-refractivity contribution >= 4 is 11.3 Å². The Morgan fingerprint density at radius 2 is 2.06 bits per heavy atom. The lowest BCUT2D eigenvalue weighted by atomic mass is 10.1. The van der Waals surface area contributed by atoms with Gasteiger partial charge in [-0.2, -0.15) is 0 Å². The van der Waals surface area contributed by atoms with E-state index < -0.39 is 0 Å². The van der Waals surface area contributed by atoms with Crippen molar-refractivity contribution in [3.8, 4) is 0 Å². The first kappa shape index (κ1) is 11.3. The molecule has 1 heterocycles. The molecule has 0 aliphatic rings. The molecule has 84 valence electrons. The molecule has 3 heteroatoms. The normalized spacial score (nSPS) is 10.6. The first-order valence-corrected chi connectivity index (χ1v) is 6.42. The molecule has 0 aliphatic heterocycles. The number of aryl methyl sites for hydroxylation is 1. The summed E-state index contributed by atoms with van der Waals surface area (Å²) in [4.78, 5) is 4.25. The molecule has 0 bridgehead atoms. The third kappa shape index (κ3) is 3.43. The third-order valence-electron chi connectivity index (χ3n) is 2.49. The van der Waals surface area contributed by atoms with Gasteiger partial charge < -0.3 is 5.32 Å². The molecule has 0 atom stereocenters. The highest BCUT2D eigenvalue weighted by Gasteiger charge is 1.95. The minimum Gasteiger partial charge on any atom is -0.312 e. The van der Waals surface area contributed by atoms with E-state index in [4.69, 9.17) is 0 Å². The average molecular weight is 232 g/mol. The maximum Gasteiger partial charge on any atom is 0.0794 e. The summed E-state index contributed by atoms with van der Waals surface area (Å²) < 4.78 is 0. The van der Waals surface area contributed by atoms with E-state index >= 15 is 0 Å². The minimum atomic E-state index is 0.935. The van der Waals surface area contributed by atoms with Crippen molar-refractivity contribution in [3.05, 3.63) is 52.0 Å². The third-order valence-corrected chi connectivity index (χ3v) is 3.13. The van der Waals surface area contributed by atoms with Gasteiger partial charge in [0.2, 0.25) is 0 Å². The Bertz CT molecular complexity index is 406. The average Bonchev–Trinajstić information content (AvgIpc) is 2.80. The number of benzene rings is 1. The van der Waals surface area contributed by atoms with Crippen molar-refractivity contribution < 1.29 is 0 Å². The molecule has 0 radical (unpaired) electrons. The van der Waals surface area contributed by atoms with E-state index in [1.807, 2.05) is 5.51 Å². The minimum absolute atomic E-state index is 0.935. The Morgan fingerprint density at radius 3 is 2.75 bits per heavy atom. The van der Waals surface area contributed by atoms with E-state index in [1.165, 1.54) is 16.8 Å². The Morgan fingerprint density at radius 1 is 1.25 bits per heavy atom. The highest BCUT2D eigenvalue weighted by Crippen LogP contribution is 2.03. The van der Waals surface area contributed by atoms with Gasteiger partial charge in [-0.25, -0.2) is 4.98 Å². The van der Waals surface area contributed by atoms with Crippen LogP contribution in [0.3, 0.4) is 0 Å². The van der Waals surface area contributed by atoms with Gasteiger partial charge in [-0.1, -0.05) is 29.8 Å². The van der Waals surface area contributed by atoms with Gasteiger partial charge in [0.1, 0.15) is 0 Å². The van der Waals surface area contributed by atoms with Gasteiger partial charge in [-0.05, 0) is 12.5 Å². The molecule has 1 aromatic carbocycles. The molecule has 16 heavy (non-hydrogen) atoms. The van der Waals surface area contributed by atoms with Crippen LogP contribution >= 0.6 is 11.3 Å². The fourth-order valence-electron chi connectivity index (χ4n) is 1.52. The molecular formula is C13H16N2S.